The van der Waals surface area contributed by atoms with E-state index in [1.165, 1.54) is 0 Å². The van der Waals surface area contributed by atoms with E-state index in [2.05, 4.69) is 4.72 Å². The van der Waals surface area contributed by atoms with Crippen molar-refractivity contribution in [1.82, 2.24) is 0 Å². The number of aldehydes is 1. The highest BCUT2D eigenvalue weighted by Crippen LogP contribution is 2.26. The number of rotatable bonds is 4. The number of benzene rings is 3. The van der Waals surface area contributed by atoms with Gasteiger partial charge < -0.3 is 0 Å². The monoisotopic (exact) mass is 325 g/mol. The van der Waals surface area contributed by atoms with E-state index in [1.54, 1.807) is 49.4 Å². The number of nitrogens with one attached hydrogen (secondary N) is 1. The van der Waals surface area contributed by atoms with Gasteiger partial charge in [0.1, 0.15) is 0 Å². The molecule has 0 atom stereocenters. The number of carbonyl (C=O) groups excluding carboxylic acids is 1. The number of anilines is 1. The van der Waals surface area contributed by atoms with Crippen LogP contribution in [-0.2, 0) is 10.0 Å². The molecule has 0 bridgehead atoms. The second-order valence-electron chi connectivity index (χ2n) is 5.24. The van der Waals surface area contributed by atoms with Crippen molar-refractivity contribution < 1.29 is 13.2 Å². The molecule has 23 heavy (non-hydrogen) atoms. The molecule has 0 aliphatic rings. The van der Waals surface area contributed by atoms with Crippen LogP contribution in [0.2, 0.25) is 0 Å². The molecule has 116 valence electrons. The Morgan fingerprint density at radius 1 is 0.913 bits per heavy atom. The fourth-order valence-corrected chi connectivity index (χ4v) is 3.87. The third kappa shape index (κ3) is 2.83. The van der Waals surface area contributed by atoms with E-state index >= 15 is 0 Å². The molecule has 0 aromatic heterocycles. The second kappa shape index (κ2) is 5.85. The van der Waals surface area contributed by atoms with Crippen LogP contribution in [0.5, 0.6) is 0 Å². The van der Waals surface area contributed by atoms with Gasteiger partial charge in [-0.1, -0.05) is 48.5 Å². The maximum Gasteiger partial charge on any atom is 0.262 e. The minimum Gasteiger partial charge on any atom is -0.298 e. The zero-order valence-corrected chi connectivity index (χ0v) is 13.3. The van der Waals surface area contributed by atoms with Crippen molar-refractivity contribution >= 4 is 32.8 Å². The van der Waals surface area contributed by atoms with Crippen LogP contribution in [0.4, 0.5) is 5.69 Å². The van der Waals surface area contributed by atoms with Gasteiger partial charge in [0.15, 0.2) is 6.29 Å². The van der Waals surface area contributed by atoms with Crippen molar-refractivity contribution in [3.05, 3.63) is 71.8 Å². The molecule has 3 aromatic carbocycles. The molecule has 0 aliphatic carbocycles. The lowest BCUT2D eigenvalue weighted by Crippen LogP contribution is -2.15. The first-order valence-corrected chi connectivity index (χ1v) is 8.56. The number of hydrogen-bond acceptors (Lipinski definition) is 3. The van der Waals surface area contributed by atoms with Crippen LogP contribution in [0.1, 0.15) is 15.9 Å². The van der Waals surface area contributed by atoms with Gasteiger partial charge in [0, 0.05) is 10.9 Å². The molecule has 5 heteroatoms. The van der Waals surface area contributed by atoms with Gasteiger partial charge >= 0.3 is 0 Å². The second-order valence-corrected chi connectivity index (χ2v) is 6.89. The molecule has 0 saturated carbocycles. The van der Waals surface area contributed by atoms with Crippen LogP contribution >= 0.6 is 0 Å². The average Bonchev–Trinajstić information content (AvgIpc) is 2.54. The summed E-state index contributed by atoms with van der Waals surface area (Å²) in [5, 5.41) is 1.48. The van der Waals surface area contributed by atoms with E-state index in [1.807, 2.05) is 18.2 Å². The fourth-order valence-electron chi connectivity index (χ4n) is 2.56. The lowest BCUT2D eigenvalue weighted by Gasteiger charge is -2.13. The Balaban J connectivity index is 2.12. The van der Waals surface area contributed by atoms with Crippen molar-refractivity contribution in [2.75, 3.05) is 4.72 Å². The Hall–Kier alpha value is -2.66. The van der Waals surface area contributed by atoms with E-state index in [-0.39, 0.29) is 10.6 Å². The summed E-state index contributed by atoms with van der Waals surface area (Å²) in [5.74, 6) is 0. The Kier molecular flexibility index (Phi) is 3.88. The zero-order valence-electron chi connectivity index (χ0n) is 12.5. The van der Waals surface area contributed by atoms with E-state index < -0.39 is 10.0 Å². The molecule has 0 spiro atoms. The number of sulfonamides is 1. The van der Waals surface area contributed by atoms with Gasteiger partial charge in [0.2, 0.25) is 0 Å². The van der Waals surface area contributed by atoms with Gasteiger partial charge in [-0.25, -0.2) is 8.42 Å². The van der Waals surface area contributed by atoms with E-state index in [0.29, 0.717) is 17.2 Å². The summed E-state index contributed by atoms with van der Waals surface area (Å²) in [7, 11) is -3.80. The zero-order chi connectivity index (χ0) is 16.4. The Morgan fingerprint density at radius 2 is 1.61 bits per heavy atom. The smallest absolute Gasteiger partial charge is 0.262 e. The number of aryl methyl sites for hydroxylation is 1. The van der Waals surface area contributed by atoms with Crippen molar-refractivity contribution in [3.63, 3.8) is 0 Å². The van der Waals surface area contributed by atoms with Crippen molar-refractivity contribution in [3.8, 4) is 0 Å². The first-order chi connectivity index (χ1) is 11.0. The predicted molar refractivity (Wildman–Crippen MR) is 91.3 cm³/mol. The van der Waals surface area contributed by atoms with Crippen molar-refractivity contribution in [2.24, 2.45) is 0 Å². The number of hydrogen-bond donors (Lipinski definition) is 1. The molecular formula is C18H15NO3S. The molecule has 3 aromatic rings. The first-order valence-electron chi connectivity index (χ1n) is 7.08. The average molecular weight is 325 g/mol. The molecule has 0 radical (unpaired) electrons. The summed E-state index contributed by atoms with van der Waals surface area (Å²) in [6, 6.07) is 17.5. The third-order valence-corrected chi connectivity index (χ3v) is 5.15. The van der Waals surface area contributed by atoms with Crippen molar-refractivity contribution in [1.29, 1.82) is 0 Å². The quantitative estimate of drug-likeness (QED) is 0.743. The largest absolute Gasteiger partial charge is 0.298 e. The molecule has 4 nitrogen and oxygen atoms in total. The third-order valence-electron chi connectivity index (χ3n) is 3.73. The van der Waals surface area contributed by atoms with Crippen LogP contribution in [0.3, 0.4) is 0 Å². The maximum absolute atomic E-state index is 12.8. The lowest BCUT2D eigenvalue weighted by atomic mass is 10.1. The van der Waals surface area contributed by atoms with Crippen LogP contribution in [0.15, 0.2) is 65.6 Å². The Morgan fingerprint density at radius 3 is 2.39 bits per heavy atom. The summed E-state index contributed by atoms with van der Waals surface area (Å²) in [6.45, 7) is 1.76. The Bertz CT molecular complexity index is 989. The molecule has 0 saturated heterocycles. The first kappa shape index (κ1) is 15.2. The molecule has 0 heterocycles. The minimum atomic E-state index is -3.80. The summed E-state index contributed by atoms with van der Waals surface area (Å²) in [6.07, 6.45) is 0.663. The van der Waals surface area contributed by atoms with Gasteiger partial charge in [-0.3, -0.25) is 9.52 Å². The molecule has 0 aliphatic heterocycles. The highest BCUT2D eigenvalue weighted by atomic mass is 32.2. The summed E-state index contributed by atoms with van der Waals surface area (Å²) in [5.41, 5.74) is 1.35. The van der Waals surface area contributed by atoms with Gasteiger partial charge in [-0.05, 0) is 30.0 Å². The minimum absolute atomic E-state index is 0.189. The highest BCUT2D eigenvalue weighted by molar-refractivity contribution is 7.93. The van der Waals surface area contributed by atoms with Crippen molar-refractivity contribution in [2.45, 2.75) is 11.8 Å². The number of carbonyl (C=O) groups is 1. The molecule has 1 N–H and O–H groups in total. The SMILES string of the molecule is Cc1cccc(NS(=O)(=O)c2cccc3ccccc23)c1C=O. The highest BCUT2D eigenvalue weighted by Gasteiger charge is 2.19. The van der Waals surface area contributed by atoms with E-state index in [0.717, 1.165) is 10.9 Å². The molecule has 0 unspecified atom stereocenters. The molecule has 0 amide bonds. The topological polar surface area (TPSA) is 63.2 Å². The van der Waals surface area contributed by atoms with Crippen LogP contribution in [-0.4, -0.2) is 14.7 Å². The lowest BCUT2D eigenvalue weighted by molar-refractivity contribution is 0.112. The summed E-state index contributed by atoms with van der Waals surface area (Å²) < 4.78 is 28.1. The van der Waals surface area contributed by atoms with Crippen LogP contribution < -0.4 is 4.72 Å². The molecular weight excluding hydrogens is 310 g/mol. The normalized spacial score (nSPS) is 11.3. The van der Waals surface area contributed by atoms with Gasteiger partial charge in [0.25, 0.3) is 10.0 Å². The molecule has 3 rings (SSSR count). The summed E-state index contributed by atoms with van der Waals surface area (Å²) >= 11 is 0. The Labute approximate surface area is 134 Å². The van der Waals surface area contributed by atoms with Gasteiger partial charge in [-0.2, -0.15) is 0 Å². The standard InChI is InChI=1S/C18H15NO3S/c1-13-6-4-10-17(16(13)12-20)19-23(21,22)18-11-5-8-14-7-2-3-9-15(14)18/h2-12,19H,1H3. The predicted octanol–water partition coefficient (Wildman–Crippen LogP) is 3.76. The fraction of sp³-hybridized carbons (Fsp3) is 0.0556. The van der Waals surface area contributed by atoms with E-state index in [9.17, 15) is 13.2 Å². The van der Waals surface area contributed by atoms with Crippen LogP contribution in [0, 0.1) is 6.92 Å². The molecule has 0 fully saturated rings. The van der Waals surface area contributed by atoms with Gasteiger partial charge in [0.05, 0.1) is 10.6 Å². The van der Waals surface area contributed by atoms with Crippen LogP contribution in [0.25, 0.3) is 10.8 Å². The van der Waals surface area contributed by atoms with Gasteiger partial charge in [-0.15, -0.1) is 0 Å². The maximum atomic E-state index is 12.8. The number of fused-ring (bicyclic) bond motifs is 1. The summed E-state index contributed by atoms with van der Waals surface area (Å²) in [4.78, 5) is 11.4. The van der Waals surface area contributed by atoms with E-state index in [4.69, 9.17) is 0 Å².